The fraction of sp³-hybridized carbons (Fsp3) is 0.462. The van der Waals surface area contributed by atoms with Crippen LogP contribution in [0.4, 0.5) is 5.69 Å². The van der Waals surface area contributed by atoms with Crippen molar-refractivity contribution in [3.8, 4) is 0 Å². The van der Waals surface area contributed by atoms with Crippen LogP contribution in [0.1, 0.15) is 30.6 Å². The Kier molecular flexibility index (Phi) is 6.15. The van der Waals surface area contributed by atoms with E-state index in [-0.39, 0.29) is 12.0 Å². The number of carbonyl (C=O) groups excluding carboxylic acids is 1. The first-order valence-corrected chi connectivity index (χ1v) is 6.75. The Morgan fingerprint density at radius 3 is 2.89 bits per heavy atom. The second kappa shape index (κ2) is 7.38. The predicted molar refractivity (Wildman–Crippen MR) is 76.6 cm³/mol. The molecule has 0 bridgehead atoms. The number of halogens is 1. The molecule has 1 amide bonds. The number of nitrogens with one attached hydrogen (secondary N) is 1. The van der Waals surface area contributed by atoms with E-state index in [1.54, 1.807) is 12.1 Å². The number of benzene rings is 1. The van der Waals surface area contributed by atoms with Crippen molar-refractivity contribution in [3.05, 3.63) is 28.2 Å². The Bertz CT molecular complexity index is 408. The number of amides is 1. The molecule has 4 nitrogen and oxygen atoms in total. The Morgan fingerprint density at radius 1 is 1.50 bits per heavy atom. The molecule has 1 aromatic carbocycles. The first-order valence-electron chi connectivity index (χ1n) is 5.95. The predicted octanol–water partition coefficient (Wildman–Crippen LogP) is 2.58. The maximum Gasteiger partial charge on any atom is 0.253 e. The summed E-state index contributed by atoms with van der Waals surface area (Å²) in [5.41, 5.74) is 6.73. The molecule has 5 heteroatoms. The first-order chi connectivity index (χ1) is 8.50. The summed E-state index contributed by atoms with van der Waals surface area (Å²) in [6.45, 7) is 5.20. The van der Waals surface area contributed by atoms with Gasteiger partial charge in [-0.1, -0.05) is 15.9 Å². The third-order valence-corrected chi connectivity index (χ3v) is 2.81. The van der Waals surface area contributed by atoms with Gasteiger partial charge in [0.05, 0.1) is 11.7 Å². The molecule has 0 radical (unpaired) electrons. The van der Waals surface area contributed by atoms with Crippen LogP contribution < -0.4 is 11.1 Å². The highest BCUT2D eigenvalue weighted by molar-refractivity contribution is 9.10. The van der Waals surface area contributed by atoms with E-state index in [0.29, 0.717) is 24.4 Å². The minimum Gasteiger partial charge on any atom is -0.398 e. The van der Waals surface area contributed by atoms with Gasteiger partial charge in [0, 0.05) is 23.3 Å². The molecule has 1 rings (SSSR count). The summed E-state index contributed by atoms with van der Waals surface area (Å²) < 4.78 is 6.23. The van der Waals surface area contributed by atoms with Crippen LogP contribution in [0.15, 0.2) is 22.7 Å². The van der Waals surface area contributed by atoms with Crippen molar-refractivity contribution in [2.75, 3.05) is 18.9 Å². The molecule has 0 unspecified atom stereocenters. The first kappa shape index (κ1) is 15.0. The summed E-state index contributed by atoms with van der Waals surface area (Å²) in [6, 6.07) is 5.23. The fourth-order valence-electron chi connectivity index (χ4n) is 1.41. The topological polar surface area (TPSA) is 64.3 Å². The Labute approximate surface area is 116 Å². The summed E-state index contributed by atoms with van der Waals surface area (Å²) in [7, 11) is 0. The van der Waals surface area contributed by atoms with Gasteiger partial charge in [-0.15, -0.1) is 0 Å². The quantitative estimate of drug-likeness (QED) is 0.626. The van der Waals surface area contributed by atoms with E-state index < -0.39 is 0 Å². The number of anilines is 1. The summed E-state index contributed by atoms with van der Waals surface area (Å²) >= 11 is 3.32. The van der Waals surface area contributed by atoms with Gasteiger partial charge >= 0.3 is 0 Å². The molecule has 0 fully saturated rings. The largest absolute Gasteiger partial charge is 0.398 e. The van der Waals surface area contributed by atoms with Crippen LogP contribution >= 0.6 is 15.9 Å². The average molecular weight is 315 g/mol. The van der Waals surface area contributed by atoms with Crippen LogP contribution in [0.2, 0.25) is 0 Å². The number of hydrogen-bond donors (Lipinski definition) is 2. The average Bonchev–Trinajstić information content (AvgIpc) is 2.31. The normalized spacial score (nSPS) is 10.7. The molecule has 0 heterocycles. The molecule has 1 aromatic rings. The van der Waals surface area contributed by atoms with E-state index in [4.69, 9.17) is 10.5 Å². The lowest BCUT2D eigenvalue weighted by Crippen LogP contribution is -2.26. The van der Waals surface area contributed by atoms with Gasteiger partial charge in [0.25, 0.3) is 5.91 Å². The Hall–Kier alpha value is -1.07. The molecule has 0 aliphatic heterocycles. The SMILES string of the molecule is CC(C)OCCCNC(=O)c1cc(Br)ccc1N. The number of nitrogen functional groups attached to an aromatic ring is 1. The van der Waals surface area contributed by atoms with Crippen LogP contribution in [0.3, 0.4) is 0 Å². The van der Waals surface area contributed by atoms with Crippen LogP contribution in [0.25, 0.3) is 0 Å². The van der Waals surface area contributed by atoms with E-state index >= 15 is 0 Å². The molecular formula is C13H19BrN2O2. The maximum absolute atomic E-state index is 11.9. The number of rotatable bonds is 6. The summed E-state index contributed by atoms with van der Waals surface area (Å²) in [6.07, 6.45) is 1.01. The molecule has 0 atom stereocenters. The van der Waals surface area contributed by atoms with Crippen molar-refractivity contribution in [1.29, 1.82) is 0 Å². The maximum atomic E-state index is 11.9. The summed E-state index contributed by atoms with van der Waals surface area (Å²) in [4.78, 5) is 11.9. The minimum atomic E-state index is -0.154. The van der Waals surface area contributed by atoms with Crippen LogP contribution in [0.5, 0.6) is 0 Å². The third-order valence-electron chi connectivity index (χ3n) is 2.32. The third kappa shape index (κ3) is 5.06. The van der Waals surface area contributed by atoms with Crippen LogP contribution in [-0.4, -0.2) is 25.2 Å². The molecule has 100 valence electrons. The molecule has 0 spiro atoms. The van der Waals surface area contributed by atoms with Crippen molar-refractivity contribution in [2.24, 2.45) is 0 Å². The van der Waals surface area contributed by atoms with Gasteiger partial charge in [-0.3, -0.25) is 4.79 Å². The fourth-order valence-corrected chi connectivity index (χ4v) is 1.77. The number of carbonyl (C=O) groups is 1. The standard InChI is InChI=1S/C13H19BrN2O2/c1-9(2)18-7-3-6-16-13(17)11-8-10(14)4-5-12(11)15/h4-5,8-9H,3,6-7,15H2,1-2H3,(H,16,17). The van der Waals surface area contributed by atoms with Gasteiger partial charge in [-0.05, 0) is 38.5 Å². The zero-order valence-corrected chi connectivity index (χ0v) is 12.3. The van der Waals surface area contributed by atoms with Crippen LogP contribution in [-0.2, 0) is 4.74 Å². The van der Waals surface area contributed by atoms with E-state index in [1.165, 1.54) is 0 Å². The highest BCUT2D eigenvalue weighted by Crippen LogP contribution is 2.18. The molecule has 3 N–H and O–H groups in total. The van der Waals surface area contributed by atoms with Gasteiger partial charge in [0.1, 0.15) is 0 Å². The number of hydrogen-bond acceptors (Lipinski definition) is 3. The lowest BCUT2D eigenvalue weighted by molar-refractivity contribution is 0.0757. The van der Waals surface area contributed by atoms with Crippen molar-refractivity contribution in [1.82, 2.24) is 5.32 Å². The minimum absolute atomic E-state index is 0.154. The molecule has 18 heavy (non-hydrogen) atoms. The smallest absolute Gasteiger partial charge is 0.253 e. The van der Waals surface area contributed by atoms with Crippen molar-refractivity contribution in [2.45, 2.75) is 26.4 Å². The van der Waals surface area contributed by atoms with Crippen molar-refractivity contribution >= 4 is 27.5 Å². The van der Waals surface area contributed by atoms with E-state index in [2.05, 4.69) is 21.2 Å². The Balaban J connectivity index is 2.39. The van der Waals surface area contributed by atoms with Gasteiger partial charge < -0.3 is 15.8 Å². The van der Waals surface area contributed by atoms with E-state index in [1.807, 2.05) is 19.9 Å². The second-order valence-corrected chi connectivity index (χ2v) is 5.18. The lowest BCUT2D eigenvalue weighted by atomic mass is 10.1. The monoisotopic (exact) mass is 314 g/mol. The van der Waals surface area contributed by atoms with Gasteiger partial charge in [-0.2, -0.15) is 0 Å². The molecule has 0 aromatic heterocycles. The Morgan fingerprint density at radius 2 is 2.22 bits per heavy atom. The summed E-state index contributed by atoms with van der Waals surface area (Å²) in [5, 5.41) is 2.82. The van der Waals surface area contributed by atoms with Crippen molar-refractivity contribution < 1.29 is 9.53 Å². The zero-order chi connectivity index (χ0) is 13.5. The summed E-state index contributed by atoms with van der Waals surface area (Å²) in [5.74, 6) is -0.154. The molecule has 0 saturated heterocycles. The number of nitrogens with two attached hydrogens (primary N) is 1. The highest BCUT2D eigenvalue weighted by Gasteiger charge is 2.09. The van der Waals surface area contributed by atoms with Gasteiger partial charge in [0.2, 0.25) is 0 Å². The lowest BCUT2D eigenvalue weighted by Gasteiger charge is -2.09. The molecule has 0 aliphatic rings. The van der Waals surface area contributed by atoms with Gasteiger partial charge in [-0.25, -0.2) is 0 Å². The van der Waals surface area contributed by atoms with E-state index in [9.17, 15) is 4.79 Å². The molecule has 0 aliphatic carbocycles. The number of ether oxygens (including phenoxy) is 1. The van der Waals surface area contributed by atoms with E-state index in [0.717, 1.165) is 10.9 Å². The van der Waals surface area contributed by atoms with Crippen molar-refractivity contribution in [3.63, 3.8) is 0 Å². The van der Waals surface area contributed by atoms with Crippen LogP contribution in [0, 0.1) is 0 Å². The molecule has 0 saturated carbocycles. The highest BCUT2D eigenvalue weighted by atomic mass is 79.9. The van der Waals surface area contributed by atoms with Gasteiger partial charge in [0.15, 0.2) is 0 Å². The second-order valence-electron chi connectivity index (χ2n) is 4.26. The zero-order valence-electron chi connectivity index (χ0n) is 10.7. The molecular weight excluding hydrogens is 296 g/mol.